The summed E-state index contributed by atoms with van der Waals surface area (Å²) >= 11 is 1.79. The number of hydrogen-bond acceptors (Lipinski definition) is 4. The smallest absolute Gasteiger partial charge is 0.255 e. The van der Waals surface area contributed by atoms with Gasteiger partial charge in [-0.15, -0.1) is 0 Å². The lowest BCUT2D eigenvalue weighted by Crippen LogP contribution is -2.22. The minimum atomic E-state index is -0.194. The van der Waals surface area contributed by atoms with Crippen LogP contribution in [-0.2, 0) is 0 Å². The molecule has 162 valence electrons. The Balaban J connectivity index is 1.35. The Morgan fingerprint density at radius 3 is 1.97 bits per heavy atom. The summed E-state index contributed by atoms with van der Waals surface area (Å²) in [6.45, 7) is 5.01. The van der Waals surface area contributed by atoms with Gasteiger partial charge in [0.25, 0.3) is 5.91 Å². The van der Waals surface area contributed by atoms with Crippen molar-refractivity contribution < 1.29 is 4.79 Å². The van der Waals surface area contributed by atoms with Crippen LogP contribution in [0.3, 0.4) is 0 Å². The molecular weight excluding hydrogens is 426 g/mol. The SMILES string of the molecule is C=C(CN1c2ccccc2Sc2ccccc21)c1ccc(C(=O)Nc2ccccc2N)cc1. The summed E-state index contributed by atoms with van der Waals surface area (Å²) in [7, 11) is 0. The van der Waals surface area contributed by atoms with Crippen molar-refractivity contribution in [2.24, 2.45) is 0 Å². The van der Waals surface area contributed by atoms with Crippen molar-refractivity contribution in [2.45, 2.75) is 9.79 Å². The molecule has 0 radical (unpaired) electrons. The van der Waals surface area contributed by atoms with Gasteiger partial charge < -0.3 is 16.0 Å². The number of rotatable bonds is 5. The molecule has 0 atom stereocenters. The number of nitrogens with zero attached hydrogens (tertiary/aromatic N) is 1. The Labute approximate surface area is 197 Å². The lowest BCUT2D eigenvalue weighted by molar-refractivity contribution is 0.102. The number of fused-ring (bicyclic) bond motifs is 2. The van der Waals surface area contributed by atoms with E-state index in [4.69, 9.17) is 5.73 Å². The molecule has 1 heterocycles. The van der Waals surface area contributed by atoms with Crippen LogP contribution in [0.25, 0.3) is 5.57 Å². The molecule has 1 amide bonds. The molecule has 33 heavy (non-hydrogen) atoms. The number of hydrogen-bond donors (Lipinski definition) is 2. The highest BCUT2D eigenvalue weighted by Gasteiger charge is 2.23. The number of amides is 1. The van der Waals surface area contributed by atoms with Crippen LogP contribution in [0.4, 0.5) is 22.7 Å². The highest BCUT2D eigenvalue weighted by molar-refractivity contribution is 7.99. The summed E-state index contributed by atoms with van der Waals surface area (Å²) < 4.78 is 0. The molecule has 0 saturated heterocycles. The Kier molecular flexibility index (Phi) is 5.63. The maximum Gasteiger partial charge on any atom is 0.255 e. The van der Waals surface area contributed by atoms with Crippen LogP contribution >= 0.6 is 11.8 Å². The van der Waals surface area contributed by atoms with E-state index in [-0.39, 0.29) is 5.91 Å². The van der Waals surface area contributed by atoms with E-state index in [1.54, 1.807) is 23.9 Å². The third-order valence-electron chi connectivity index (χ3n) is 5.65. The lowest BCUT2D eigenvalue weighted by Gasteiger charge is -2.33. The first-order chi connectivity index (χ1) is 16.1. The number of nitrogens with one attached hydrogen (secondary N) is 1. The molecule has 4 aromatic carbocycles. The summed E-state index contributed by atoms with van der Waals surface area (Å²) in [5.74, 6) is -0.194. The van der Waals surface area contributed by atoms with E-state index >= 15 is 0 Å². The average Bonchev–Trinajstić information content (AvgIpc) is 2.85. The quantitative estimate of drug-likeness (QED) is 0.328. The van der Waals surface area contributed by atoms with Gasteiger partial charge in [0.2, 0.25) is 0 Å². The van der Waals surface area contributed by atoms with Crippen LogP contribution < -0.4 is 16.0 Å². The van der Waals surface area contributed by atoms with Gasteiger partial charge in [0, 0.05) is 21.9 Å². The maximum atomic E-state index is 12.6. The van der Waals surface area contributed by atoms with Gasteiger partial charge >= 0.3 is 0 Å². The largest absolute Gasteiger partial charge is 0.397 e. The van der Waals surface area contributed by atoms with Crippen molar-refractivity contribution in [3.63, 3.8) is 0 Å². The number of carbonyl (C=O) groups is 1. The molecule has 0 spiro atoms. The van der Waals surface area contributed by atoms with E-state index in [0.29, 0.717) is 23.5 Å². The lowest BCUT2D eigenvalue weighted by atomic mass is 10.0. The topological polar surface area (TPSA) is 58.4 Å². The zero-order valence-corrected chi connectivity index (χ0v) is 18.8. The molecule has 3 N–H and O–H groups in total. The summed E-state index contributed by atoms with van der Waals surface area (Å²) in [6.07, 6.45) is 0. The average molecular weight is 450 g/mol. The third kappa shape index (κ3) is 4.23. The van der Waals surface area contributed by atoms with Crippen LogP contribution in [0.2, 0.25) is 0 Å². The van der Waals surface area contributed by atoms with Gasteiger partial charge in [0.1, 0.15) is 0 Å². The van der Waals surface area contributed by atoms with Gasteiger partial charge in [-0.3, -0.25) is 4.79 Å². The van der Waals surface area contributed by atoms with Gasteiger partial charge in [-0.2, -0.15) is 0 Å². The number of benzene rings is 4. The van der Waals surface area contributed by atoms with Crippen LogP contribution in [0, 0.1) is 0 Å². The Bertz CT molecular complexity index is 1300. The number of para-hydroxylation sites is 4. The second-order valence-corrected chi connectivity index (χ2v) is 8.93. The number of nitrogens with two attached hydrogens (primary N) is 1. The Hall–Kier alpha value is -3.96. The molecule has 4 aromatic rings. The monoisotopic (exact) mass is 449 g/mol. The summed E-state index contributed by atoms with van der Waals surface area (Å²) in [6, 6.07) is 31.6. The highest BCUT2D eigenvalue weighted by Crippen LogP contribution is 2.48. The number of nitrogen functional groups attached to an aromatic ring is 1. The Morgan fingerprint density at radius 1 is 0.788 bits per heavy atom. The second-order valence-electron chi connectivity index (χ2n) is 7.85. The predicted octanol–water partition coefficient (Wildman–Crippen LogP) is 6.84. The summed E-state index contributed by atoms with van der Waals surface area (Å²) in [5, 5.41) is 2.87. The van der Waals surface area contributed by atoms with Crippen LogP contribution in [0.1, 0.15) is 15.9 Å². The molecule has 0 bridgehead atoms. The first-order valence-electron chi connectivity index (χ1n) is 10.7. The van der Waals surface area contributed by atoms with Crippen molar-refractivity contribution in [1.82, 2.24) is 0 Å². The summed E-state index contributed by atoms with van der Waals surface area (Å²) in [5.41, 5.74) is 12.0. The van der Waals surface area contributed by atoms with Crippen molar-refractivity contribution in [1.29, 1.82) is 0 Å². The molecule has 0 fully saturated rings. The third-order valence-corrected chi connectivity index (χ3v) is 6.78. The minimum Gasteiger partial charge on any atom is -0.397 e. The maximum absolute atomic E-state index is 12.6. The van der Waals surface area contributed by atoms with E-state index in [9.17, 15) is 4.79 Å². The Morgan fingerprint density at radius 2 is 1.33 bits per heavy atom. The van der Waals surface area contributed by atoms with Crippen LogP contribution in [0.5, 0.6) is 0 Å². The van der Waals surface area contributed by atoms with E-state index in [0.717, 1.165) is 11.1 Å². The molecule has 0 aliphatic carbocycles. The minimum absolute atomic E-state index is 0.194. The van der Waals surface area contributed by atoms with E-state index in [1.807, 2.05) is 36.4 Å². The molecule has 5 heteroatoms. The van der Waals surface area contributed by atoms with Crippen LogP contribution in [-0.4, -0.2) is 12.5 Å². The van der Waals surface area contributed by atoms with E-state index in [2.05, 4.69) is 65.3 Å². The number of carbonyl (C=O) groups excluding carboxylic acids is 1. The first-order valence-corrected chi connectivity index (χ1v) is 11.5. The number of anilines is 4. The first kappa shape index (κ1) is 20.9. The highest BCUT2D eigenvalue weighted by atomic mass is 32.2. The standard InChI is InChI=1S/C28H23N3OS/c1-19(18-31-24-10-4-6-12-26(24)33-27-13-7-5-11-25(27)31)20-14-16-21(17-15-20)28(32)30-23-9-3-2-8-22(23)29/h2-17H,1,18,29H2,(H,30,32). The molecule has 0 aromatic heterocycles. The predicted molar refractivity (Wildman–Crippen MR) is 138 cm³/mol. The van der Waals surface area contributed by atoms with Gasteiger partial charge in [-0.1, -0.05) is 66.9 Å². The van der Waals surface area contributed by atoms with E-state index < -0.39 is 0 Å². The fourth-order valence-corrected chi connectivity index (χ4v) is 4.99. The fraction of sp³-hybridized carbons (Fsp3) is 0.0357. The van der Waals surface area contributed by atoms with Crippen LogP contribution in [0.15, 0.2) is 113 Å². The zero-order chi connectivity index (χ0) is 22.8. The second kappa shape index (κ2) is 8.88. The normalized spacial score (nSPS) is 11.9. The van der Waals surface area contributed by atoms with Crippen molar-refractivity contribution in [3.05, 3.63) is 115 Å². The van der Waals surface area contributed by atoms with Gasteiger partial charge in [-0.25, -0.2) is 0 Å². The van der Waals surface area contributed by atoms with Crippen molar-refractivity contribution in [2.75, 3.05) is 22.5 Å². The zero-order valence-electron chi connectivity index (χ0n) is 18.0. The molecule has 1 aliphatic rings. The van der Waals surface area contributed by atoms with E-state index in [1.165, 1.54) is 21.2 Å². The molecule has 4 nitrogen and oxygen atoms in total. The molecular formula is C28H23N3OS. The van der Waals surface area contributed by atoms with Gasteiger partial charge in [-0.05, 0) is 59.7 Å². The molecule has 0 saturated carbocycles. The van der Waals surface area contributed by atoms with Gasteiger partial charge in [0.05, 0.1) is 22.7 Å². The molecule has 1 aliphatic heterocycles. The fourth-order valence-electron chi connectivity index (χ4n) is 3.90. The van der Waals surface area contributed by atoms with Gasteiger partial charge in [0.15, 0.2) is 0 Å². The van der Waals surface area contributed by atoms with Crippen molar-refractivity contribution in [3.8, 4) is 0 Å². The molecule has 0 unspecified atom stereocenters. The molecule has 5 rings (SSSR count). The summed E-state index contributed by atoms with van der Waals surface area (Å²) in [4.78, 5) is 17.4. The van der Waals surface area contributed by atoms with Crippen molar-refractivity contribution >= 4 is 46.0 Å².